The Morgan fingerprint density at radius 3 is 2.87 bits per heavy atom. The fourth-order valence-corrected chi connectivity index (χ4v) is 2.43. The van der Waals surface area contributed by atoms with E-state index in [2.05, 4.69) is 36.5 Å². The highest BCUT2D eigenvalue weighted by molar-refractivity contribution is 9.10. The number of aliphatic imine (C=N–C) groups is 1. The van der Waals surface area contributed by atoms with Crippen molar-refractivity contribution in [2.75, 3.05) is 13.1 Å². The number of benzene rings is 1. The van der Waals surface area contributed by atoms with Gasteiger partial charge in [-0.2, -0.15) is 0 Å². The molecule has 0 aliphatic rings. The van der Waals surface area contributed by atoms with E-state index in [0.29, 0.717) is 18.1 Å². The molecule has 0 saturated carbocycles. The number of hydrogen-bond acceptors (Lipinski definition) is 2. The molecule has 4 nitrogen and oxygen atoms in total. The first-order chi connectivity index (χ1) is 11.2. The molecular formula is C17H20BrFN4. The van der Waals surface area contributed by atoms with Gasteiger partial charge in [0, 0.05) is 41.4 Å². The number of rotatable bonds is 6. The first-order valence-electron chi connectivity index (χ1n) is 7.55. The van der Waals surface area contributed by atoms with E-state index >= 15 is 0 Å². The molecule has 2 N–H and O–H groups in total. The van der Waals surface area contributed by atoms with Crippen molar-refractivity contribution in [1.29, 1.82) is 0 Å². The van der Waals surface area contributed by atoms with Gasteiger partial charge in [-0.1, -0.05) is 22.0 Å². The third-order valence-corrected chi connectivity index (χ3v) is 3.65. The van der Waals surface area contributed by atoms with E-state index in [9.17, 15) is 4.39 Å². The van der Waals surface area contributed by atoms with Gasteiger partial charge in [0.25, 0.3) is 0 Å². The number of halogens is 2. The maximum Gasteiger partial charge on any atom is 0.191 e. The van der Waals surface area contributed by atoms with E-state index in [4.69, 9.17) is 0 Å². The summed E-state index contributed by atoms with van der Waals surface area (Å²) >= 11 is 3.35. The number of guanidine groups is 1. The first kappa shape index (κ1) is 17.4. The fraction of sp³-hybridized carbons (Fsp3) is 0.294. The van der Waals surface area contributed by atoms with Gasteiger partial charge in [0.1, 0.15) is 5.82 Å². The monoisotopic (exact) mass is 378 g/mol. The second-order valence-electron chi connectivity index (χ2n) is 4.93. The summed E-state index contributed by atoms with van der Waals surface area (Å²) in [5.74, 6) is 0.420. The van der Waals surface area contributed by atoms with Crippen LogP contribution in [0.4, 0.5) is 4.39 Å². The lowest BCUT2D eigenvalue weighted by Crippen LogP contribution is -2.38. The van der Waals surface area contributed by atoms with Crippen molar-refractivity contribution in [2.24, 2.45) is 4.99 Å². The molecule has 0 spiro atoms. The topological polar surface area (TPSA) is 49.3 Å². The normalized spacial score (nSPS) is 11.3. The summed E-state index contributed by atoms with van der Waals surface area (Å²) in [6.07, 6.45) is 2.58. The van der Waals surface area contributed by atoms with Crippen LogP contribution < -0.4 is 10.6 Å². The van der Waals surface area contributed by atoms with Crippen molar-refractivity contribution in [3.05, 3.63) is 64.1 Å². The summed E-state index contributed by atoms with van der Waals surface area (Å²) in [5, 5.41) is 6.40. The summed E-state index contributed by atoms with van der Waals surface area (Å²) in [7, 11) is 0. The second-order valence-corrected chi connectivity index (χ2v) is 5.84. The molecule has 0 atom stereocenters. The Kier molecular flexibility index (Phi) is 7.00. The van der Waals surface area contributed by atoms with Crippen molar-refractivity contribution in [2.45, 2.75) is 19.9 Å². The van der Waals surface area contributed by atoms with Crippen LogP contribution in [0.25, 0.3) is 0 Å². The molecule has 23 heavy (non-hydrogen) atoms. The van der Waals surface area contributed by atoms with E-state index < -0.39 is 0 Å². The predicted octanol–water partition coefficient (Wildman–Crippen LogP) is 3.28. The molecule has 0 radical (unpaired) electrons. The Bertz CT molecular complexity index is 646. The van der Waals surface area contributed by atoms with Crippen molar-refractivity contribution < 1.29 is 4.39 Å². The minimum absolute atomic E-state index is 0.249. The minimum atomic E-state index is -0.249. The average molecular weight is 379 g/mol. The van der Waals surface area contributed by atoms with Crippen LogP contribution in [0.1, 0.15) is 18.2 Å². The zero-order valence-corrected chi connectivity index (χ0v) is 14.6. The summed E-state index contributed by atoms with van der Waals surface area (Å²) in [6, 6.07) is 10.7. The lowest BCUT2D eigenvalue weighted by atomic mass is 10.2. The number of hydrogen-bond donors (Lipinski definition) is 2. The zero-order chi connectivity index (χ0) is 16.5. The van der Waals surface area contributed by atoms with Gasteiger partial charge in [0.15, 0.2) is 5.96 Å². The van der Waals surface area contributed by atoms with Gasteiger partial charge in [0.2, 0.25) is 0 Å². The van der Waals surface area contributed by atoms with Crippen LogP contribution in [0.3, 0.4) is 0 Å². The molecule has 1 heterocycles. The molecule has 0 saturated heterocycles. The third kappa shape index (κ3) is 5.98. The van der Waals surface area contributed by atoms with Crippen LogP contribution in [-0.4, -0.2) is 24.0 Å². The predicted molar refractivity (Wildman–Crippen MR) is 94.9 cm³/mol. The molecule has 0 aliphatic carbocycles. The Hall–Kier alpha value is -1.95. The third-order valence-electron chi connectivity index (χ3n) is 3.16. The highest BCUT2D eigenvalue weighted by Crippen LogP contribution is 2.16. The molecule has 6 heteroatoms. The van der Waals surface area contributed by atoms with E-state index in [0.717, 1.165) is 23.1 Å². The van der Waals surface area contributed by atoms with Gasteiger partial charge in [0.05, 0.1) is 6.54 Å². The van der Waals surface area contributed by atoms with E-state index in [1.54, 1.807) is 18.3 Å². The van der Waals surface area contributed by atoms with Crippen LogP contribution in [0.2, 0.25) is 0 Å². The van der Waals surface area contributed by atoms with Crippen LogP contribution in [0, 0.1) is 5.82 Å². The largest absolute Gasteiger partial charge is 0.357 e. The maximum absolute atomic E-state index is 13.7. The van der Waals surface area contributed by atoms with Gasteiger partial charge >= 0.3 is 0 Å². The fourth-order valence-electron chi connectivity index (χ4n) is 2.03. The Balaban J connectivity index is 1.93. The van der Waals surface area contributed by atoms with Crippen LogP contribution in [0.5, 0.6) is 0 Å². The Morgan fingerprint density at radius 1 is 1.26 bits per heavy atom. The van der Waals surface area contributed by atoms with Gasteiger partial charge in [-0.05, 0) is 37.3 Å². The van der Waals surface area contributed by atoms with Crippen LogP contribution >= 0.6 is 15.9 Å². The molecule has 0 unspecified atom stereocenters. The number of nitrogens with zero attached hydrogens (tertiary/aromatic N) is 2. The van der Waals surface area contributed by atoms with Crippen molar-refractivity contribution in [3.8, 4) is 0 Å². The second kappa shape index (κ2) is 9.25. The van der Waals surface area contributed by atoms with E-state index in [-0.39, 0.29) is 12.4 Å². The minimum Gasteiger partial charge on any atom is -0.357 e. The molecule has 1 aromatic carbocycles. The molecule has 0 bridgehead atoms. The van der Waals surface area contributed by atoms with Crippen molar-refractivity contribution in [3.63, 3.8) is 0 Å². The highest BCUT2D eigenvalue weighted by atomic mass is 79.9. The number of aromatic nitrogens is 1. The molecule has 0 fully saturated rings. The molecule has 1 aromatic heterocycles. The molecule has 2 rings (SSSR count). The Labute approximate surface area is 144 Å². The SMILES string of the molecule is CCNC(=NCc1cc(Br)ccc1F)NCCc1ccccn1. The van der Waals surface area contributed by atoms with Gasteiger partial charge in [-0.25, -0.2) is 9.38 Å². The van der Waals surface area contributed by atoms with Gasteiger partial charge in [-0.15, -0.1) is 0 Å². The lowest BCUT2D eigenvalue weighted by molar-refractivity contribution is 0.610. The molecular weight excluding hydrogens is 359 g/mol. The smallest absolute Gasteiger partial charge is 0.191 e. The van der Waals surface area contributed by atoms with E-state index in [1.165, 1.54) is 6.07 Å². The zero-order valence-electron chi connectivity index (χ0n) is 13.0. The van der Waals surface area contributed by atoms with Crippen LogP contribution in [0.15, 0.2) is 52.1 Å². The molecule has 0 amide bonds. The van der Waals surface area contributed by atoms with Crippen molar-refractivity contribution >= 4 is 21.9 Å². The number of nitrogens with one attached hydrogen (secondary N) is 2. The van der Waals surface area contributed by atoms with Gasteiger partial charge < -0.3 is 10.6 Å². The van der Waals surface area contributed by atoms with Crippen LogP contribution in [-0.2, 0) is 13.0 Å². The maximum atomic E-state index is 13.7. The molecule has 122 valence electrons. The van der Waals surface area contributed by atoms with E-state index in [1.807, 2.05) is 25.1 Å². The molecule has 2 aromatic rings. The van der Waals surface area contributed by atoms with Crippen molar-refractivity contribution in [1.82, 2.24) is 15.6 Å². The summed E-state index contributed by atoms with van der Waals surface area (Å²) in [5.41, 5.74) is 1.58. The highest BCUT2D eigenvalue weighted by Gasteiger charge is 2.03. The quantitative estimate of drug-likeness (QED) is 0.598. The summed E-state index contributed by atoms with van der Waals surface area (Å²) < 4.78 is 14.6. The standard InChI is InChI=1S/C17H20BrFN4/c1-2-20-17(22-10-8-15-5-3-4-9-21-15)23-12-13-11-14(18)6-7-16(13)19/h3-7,9,11H,2,8,10,12H2,1H3,(H2,20,22,23). The lowest BCUT2D eigenvalue weighted by Gasteiger charge is -2.11. The molecule has 0 aliphatic heterocycles. The summed E-state index contributed by atoms with van der Waals surface area (Å²) in [6.45, 7) is 3.74. The number of pyridine rings is 1. The Morgan fingerprint density at radius 2 is 2.13 bits per heavy atom. The van der Waals surface area contributed by atoms with Gasteiger partial charge in [-0.3, -0.25) is 4.98 Å². The first-order valence-corrected chi connectivity index (χ1v) is 8.34. The average Bonchev–Trinajstić information content (AvgIpc) is 2.56. The summed E-state index contributed by atoms with van der Waals surface area (Å²) in [4.78, 5) is 8.71.